The van der Waals surface area contributed by atoms with E-state index in [0.717, 1.165) is 5.69 Å². The quantitative estimate of drug-likeness (QED) is 0.805. The largest absolute Gasteiger partial charge is 0.362 e. The number of aromatic amines is 1. The van der Waals surface area contributed by atoms with E-state index in [-0.39, 0.29) is 5.91 Å². The SMILES string of the molecule is N#Cc1cccc(C(=O)n2ccc(C=Cc3ccc[nH]3)n2)c1. The molecule has 0 atom stereocenters. The monoisotopic (exact) mass is 288 g/mol. The zero-order chi connectivity index (χ0) is 15.4. The summed E-state index contributed by atoms with van der Waals surface area (Å²) in [4.78, 5) is 15.4. The van der Waals surface area contributed by atoms with Crippen molar-refractivity contribution in [3.8, 4) is 6.07 Å². The van der Waals surface area contributed by atoms with E-state index < -0.39 is 0 Å². The first-order valence-electron chi connectivity index (χ1n) is 6.68. The third kappa shape index (κ3) is 2.86. The molecule has 2 aromatic heterocycles. The molecule has 0 unspecified atom stereocenters. The predicted octanol–water partition coefficient (Wildman–Crippen LogP) is 2.94. The molecule has 0 spiro atoms. The minimum atomic E-state index is -0.267. The van der Waals surface area contributed by atoms with E-state index in [2.05, 4.69) is 10.1 Å². The van der Waals surface area contributed by atoms with Crippen LogP contribution in [0, 0.1) is 11.3 Å². The second kappa shape index (κ2) is 5.94. The highest BCUT2D eigenvalue weighted by atomic mass is 16.2. The Kier molecular flexibility index (Phi) is 3.67. The van der Waals surface area contributed by atoms with Gasteiger partial charge in [0.1, 0.15) is 0 Å². The molecule has 0 saturated heterocycles. The minimum Gasteiger partial charge on any atom is -0.362 e. The molecular weight excluding hydrogens is 276 g/mol. The molecule has 3 rings (SSSR count). The van der Waals surface area contributed by atoms with Gasteiger partial charge in [-0.1, -0.05) is 6.07 Å². The molecule has 3 aromatic rings. The van der Waals surface area contributed by atoms with Crippen molar-refractivity contribution in [3.05, 3.63) is 77.4 Å². The summed E-state index contributed by atoms with van der Waals surface area (Å²) in [6.07, 6.45) is 7.15. The second-order valence-electron chi connectivity index (χ2n) is 4.64. The van der Waals surface area contributed by atoms with Gasteiger partial charge in [0.15, 0.2) is 0 Å². The lowest BCUT2D eigenvalue weighted by Gasteiger charge is -2.00. The van der Waals surface area contributed by atoms with Crippen LogP contribution < -0.4 is 0 Å². The Bertz CT molecular complexity index is 866. The van der Waals surface area contributed by atoms with Gasteiger partial charge in [-0.15, -0.1) is 0 Å². The van der Waals surface area contributed by atoms with E-state index in [4.69, 9.17) is 5.26 Å². The van der Waals surface area contributed by atoms with Crippen molar-refractivity contribution in [2.75, 3.05) is 0 Å². The fourth-order valence-electron chi connectivity index (χ4n) is 2.02. The summed E-state index contributed by atoms with van der Waals surface area (Å²) in [5.41, 5.74) is 2.52. The van der Waals surface area contributed by atoms with Crippen molar-refractivity contribution in [1.29, 1.82) is 5.26 Å². The third-order valence-electron chi connectivity index (χ3n) is 3.11. The Labute approximate surface area is 127 Å². The topological polar surface area (TPSA) is 74.5 Å². The summed E-state index contributed by atoms with van der Waals surface area (Å²) in [7, 11) is 0. The lowest BCUT2D eigenvalue weighted by Crippen LogP contribution is -2.12. The Morgan fingerprint density at radius 2 is 2.14 bits per heavy atom. The van der Waals surface area contributed by atoms with Crippen LogP contribution in [0.3, 0.4) is 0 Å². The lowest BCUT2D eigenvalue weighted by molar-refractivity contribution is 0.0945. The Morgan fingerprint density at radius 3 is 2.91 bits per heavy atom. The van der Waals surface area contributed by atoms with Crippen molar-refractivity contribution in [2.24, 2.45) is 0 Å². The molecule has 1 N–H and O–H groups in total. The standard InChI is InChI=1S/C17H12N4O/c18-12-13-3-1-4-14(11-13)17(22)21-10-8-16(20-21)7-6-15-5-2-9-19-15/h1-11,19H. The van der Waals surface area contributed by atoms with Crippen molar-refractivity contribution < 1.29 is 4.79 Å². The first kappa shape index (κ1) is 13.6. The second-order valence-corrected chi connectivity index (χ2v) is 4.64. The molecule has 0 bridgehead atoms. The van der Waals surface area contributed by atoms with Gasteiger partial charge in [-0.25, -0.2) is 4.68 Å². The molecular formula is C17H12N4O. The van der Waals surface area contributed by atoms with E-state index in [1.807, 2.05) is 36.6 Å². The molecule has 106 valence electrons. The van der Waals surface area contributed by atoms with Gasteiger partial charge >= 0.3 is 0 Å². The van der Waals surface area contributed by atoms with Gasteiger partial charge in [0, 0.05) is 23.7 Å². The first-order valence-corrected chi connectivity index (χ1v) is 6.68. The van der Waals surface area contributed by atoms with Crippen LogP contribution in [0.4, 0.5) is 0 Å². The van der Waals surface area contributed by atoms with Crippen LogP contribution in [0.15, 0.2) is 54.9 Å². The number of nitrogens with zero attached hydrogens (tertiary/aromatic N) is 3. The highest BCUT2D eigenvalue weighted by Gasteiger charge is 2.10. The minimum absolute atomic E-state index is 0.267. The molecule has 0 fully saturated rings. The Balaban J connectivity index is 1.81. The van der Waals surface area contributed by atoms with Crippen LogP contribution in [-0.4, -0.2) is 20.7 Å². The molecule has 0 saturated carbocycles. The van der Waals surface area contributed by atoms with Gasteiger partial charge in [-0.2, -0.15) is 10.4 Å². The van der Waals surface area contributed by atoms with Crippen molar-refractivity contribution in [2.45, 2.75) is 0 Å². The van der Waals surface area contributed by atoms with E-state index in [9.17, 15) is 4.79 Å². The van der Waals surface area contributed by atoms with Gasteiger partial charge in [0.2, 0.25) is 0 Å². The smallest absolute Gasteiger partial charge is 0.278 e. The average molecular weight is 288 g/mol. The summed E-state index contributed by atoms with van der Waals surface area (Å²) in [5, 5.41) is 13.1. The van der Waals surface area contributed by atoms with Gasteiger partial charge in [0.05, 0.1) is 17.3 Å². The maximum Gasteiger partial charge on any atom is 0.278 e. The van der Waals surface area contributed by atoms with Gasteiger partial charge in [0.25, 0.3) is 5.91 Å². The molecule has 2 heterocycles. The van der Waals surface area contributed by atoms with Crippen LogP contribution in [-0.2, 0) is 0 Å². The first-order chi connectivity index (χ1) is 10.8. The Morgan fingerprint density at radius 1 is 1.23 bits per heavy atom. The maximum atomic E-state index is 12.3. The fraction of sp³-hybridized carbons (Fsp3) is 0. The zero-order valence-corrected chi connectivity index (χ0v) is 11.6. The molecule has 0 aliphatic heterocycles. The normalized spacial score (nSPS) is 10.7. The number of carbonyl (C=O) groups is 1. The number of nitrogens with one attached hydrogen (secondary N) is 1. The molecule has 0 amide bonds. The van der Waals surface area contributed by atoms with Gasteiger partial charge < -0.3 is 4.98 Å². The highest BCUT2D eigenvalue weighted by molar-refractivity contribution is 5.95. The molecule has 22 heavy (non-hydrogen) atoms. The molecule has 0 radical (unpaired) electrons. The van der Waals surface area contributed by atoms with Crippen molar-refractivity contribution >= 4 is 18.1 Å². The summed E-state index contributed by atoms with van der Waals surface area (Å²) in [5.74, 6) is -0.267. The molecule has 5 nitrogen and oxygen atoms in total. The van der Waals surface area contributed by atoms with Crippen LogP contribution >= 0.6 is 0 Å². The molecule has 1 aromatic carbocycles. The molecule has 5 heteroatoms. The fourth-order valence-corrected chi connectivity index (χ4v) is 2.02. The van der Waals surface area contributed by atoms with Crippen LogP contribution in [0.1, 0.15) is 27.3 Å². The third-order valence-corrected chi connectivity index (χ3v) is 3.11. The summed E-state index contributed by atoms with van der Waals surface area (Å²) >= 11 is 0. The summed E-state index contributed by atoms with van der Waals surface area (Å²) in [6, 6.07) is 14.2. The van der Waals surface area contributed by atoms with E-state index >= 15 is 0 Å². The van der Waals surface area contributed by atoms with Gasteiger partial charge in [-0.3, -0.25) is 4.79 Å². The van der Waals surface area contributed by atoms with Gasteiger partial charge in [-0.05, 0) is 48.6 Å². The highest BCUT2D eigenvalue weighted by Crippen LogP contribution is 2.09. The van der Waals surface area contributed by atoms with Crippen molar-refractivity contribution in [3.63, 3.8) is 0 Å². The van der Waals surface area contributed by atoms with Crippen LogP contribution in [0.5, 0.6) is 0 Å². The lowest BCUT2D eigenvalue weighted by atomic mass is 10.1. The van der Waals surface area contributed by atoms with E-state index in [0.29, 0.717) is 16.8 Å². The molecule has 0 aliphatic carbocycles. The number of hydrogen-bond donors (Lipinski definition) is 1. The predicted molar refractivity (Wildman–Crippen MR) is 82.8 cm³/mol. The number of carbonyl (C=O) groups excluding carboxylic acids is 1. The Hall–Kier alpha value is -3.39. The van der Waals surface area contributed by atoms with Crippen LogP contribution in [0.25, 0.3) is 12.2 Å². The number of H-pyrrole nitrogens is 1. The number of aromatic nitrogens is 3. The summed E-state index contributed by atoms with van der Waals surface area (Å²) < 4.78 is 1.27. The van der Waals surface area contributed by atoms with E-state index in [1.165, 1.54) is 4.68 Å². The number of benzene rings is 1. The number of hydrogen-bond acceptors (Lipinski definition) is 3. The zero-order valence-electron chi connectivity index (χ0n) is 11.6. The van der Waals surface area contributed by atoms with E-state index in [1.54, 1.807) is 36.5 Å². The number of rotatable bonds is 3. The summed E-state index contributed by atoms with van der Waals surface area (Å²) in [6.45, 7) is 0. The average Bonchev–Trinajstić information content (AvgIpc) is 3.23. The van der Waals surface area contributed by atoms with Crippen LogP contribution in [0.2, 0.25) is 0 Å². The maximum absolute atomic E-state index is 12.3. The number of nitriles is 1. The molecule has 0 aliphatic rings. The van der Waals surface area contributed by atoms with Crippen molar-refractivity contribution in [1.82, 2.24) is 14.8 Å².